The van der Waals surface area contributed by atoms with Gasteiger partial charge in [-0.25, -0.2) is 0 Å². The summed E-state index contributed by atoms with van der Waals surface area (Å²) in [6.45, 7) is 2.14. The first-order chi connectivity index (χ1) is 6.74. The Hall–Kier alpha value is 2.41. The predicted octanol–water partition coefficient (Wildman–Crippen LogP) is 2.81. The average molecular weight is 510 g/mol. The van der Waals surface area contributed by atoms with Gasteiger partial charge in [0.05, 0.1) is 0 Å². The summed E-state index contributed by atoms with van der Waals surface area (Å²) in [6, 6.07) is 0. The number of hydrogen-bond donors (Lipinski definition) is 1. The van der Waals surface area contributed by atoms with Crippen LogP contribution in [0.2, 0.25) is 22.6 Å². The molecule has 5 heteroatoms. The first-order valence-corrected chi connectivity index (χ1v) is 15.2. The third kappa shape index (κ3) is 9.62. The van der Waals surface area contributed by atoms with E-state index in [1.165, 1.54) is 17.3 Å². The normalized spacial score (nSPS) is 15.4. The van der Waals surface area contributed by atoms with E-state index in [9.17, 15) is 0 Å². The van der Waals surface area contributed by atoms with Crippen molar-refractivity contribution in [1.82, 2.24) is 0 Å². The zero-order valence-corrected chi connectivity index (χ0v) is 16.3. The molecule has 0 aliphatic rings. The summed E-state index contributed by atoms with van der Waals surface area (Å²) in [5.74, 6) is 0. The van der Waals surface area contributed by atoms with E-state index in [-0.39, 0.29) is 0 Å². The van der Waals surface area contributed by atoms with Gasteiger partial charge in [-0.2, -0.15) is 0 Å². The molecule has 0 heterocycles. The minimum absolute atomic E-state index is 0.336. The van der Waals surface area contributed by atoms with E-state index in [1.54, 1.807) is 3.37 Å². The van der Waals surface area contributed by atoms with Crippen molar-refractivity contribution in [2.45, 2.75) is 48.5 Å². The second-order valence-electron chi connectivity index (χ2n) is 3.13. The predicted molar refractivity (Wildman–Crippen MR) is 71.1 cm³/mol. The average Bonchev–Trinajstić information content (AvgIpc) is 2.21. The summed E-state index contributed by atoms with van der Waals surface area (Å²) >= 11 is 5.47. The zero-order chi connectivity index (χ0) is 10.8. The molecule has 14 heavy (non-hydrogen) atoms. The molecule has 0 bridgehead atoms. The first-order valence-electron chi connectivity index (χ1n) is 4.64. The fourth-order valence-corrected chi connectivity index (χ4v) is 10.7. The van der Waals surface area contributed by atoms with Crippen molar-refractivity contribution in [3.05, 3.63) is 0 Å². The molecule has 0 N–H and O–H groups in total. The summed E-state index contributed by atoms with van der Waals surface area (Å²) in [4.78, 5) is 5.79. The van der Waals surface area contributed by atoms with E-state index in [1.807, 2.05) is 0 Å². The zero-order valence-electron chi connectivity index (χ0n) is 9.06. The fourth-order valence-electron chi connectivity index (χ4n) is 1.10. The van der Waals surface area contributed by atoms with Gasteiger partial charge in [0.25, 0.3) is 0 Å². The van der Waals surface area contributed by atoms with E-state index in [0.717, 1.165) is 19.8 Å². The van der Waals surface area contributed by atoms with Crippen molar-refractivity contribution in [3.63, 3.8) is 0 Å². The van der Waals surface area contributed by atoms with Gasteiger partial charge in [0.2, 0.25) is 0 Å². The first kappa shape index (κ1) is 16.4. The van der Waals surface area contributed by atoms with Crippen LogP contribution in [0.5, 0.6) is 0 Å². The monoisotopic (exact) mass is 516 g/mol. The van der Waals surface area contributed by atoms with E-state index in [2.05, 4.69) is 29.8 Å². The molecule has 0 rings (SSSR count). The topological polar surface area (TPSA) is 9.23 Å². The van der Waals surface area contributed by atoms with Gasteiger partial charge >= 0.3 is 122 Å². The molecule has 0 aromatic heterocycles. The maximum atomic E-state index is 5.07. The Kier molecular flexibility index (Phi) is 13.9. The van der Waals surface area contributed by atoms with Crippen LogP contribution < -0.4 is 0 Å². The summed E-state index contributed by atoms with van der Waals surface area (Å²) in [5.41, 5.74) is 0. The molecule has 0 amide bonds. The molecular weight excluding hydrogens is 490 g/mol. The molecule has 2 unspecified atom stereocenters. The molecule has 2 atom stereocenters. The molecule has 0 aromatic carbocycles. The Labute approximate surface area is 121 Å². The van der Waals surface area contributed by atoms with E-state index >= 15 is 0 Å². The molecule has 0 aromatic rings. The van der Waals surface area contributed by atoms with Gasteiger partial charge in [-0.1, -0.05) is 0 Å². The van der Waals surface area contributed by atoms with Gasteiger partial charge in [0, 0.05) is 0 Å². The molecule has 0 saturated heterocycles. The van der Waals surface area contributed by atoms with Crippen LogP contribution in [-0.2, 0) is 4.18 Å². The molecule has 0 radical (unpaired) electrons. The van der Waals surface area contributed by atoms with Gasteiger partial charge in [0.1, 0.15) is 0 Å². The van der Waals surface area contributed by atoms with Gasteiger partial charge in [-0.05, 0) is 0 Å². The molecule has 0 aliphatic carbocycles. The second-order valence-corrected chi connectivity index (χ2v) is 13.9. The molecule has 86 valence electrons. The van der Waals surface area contributed by atoms with Crippen LogP contribution in [0.1, 0.15) is 19.8 Å². The van der Waals surface area contributed by atoms with Crippen molar-refractivity contribution in [2.75, 3.05) is 0 Å². The SMILES string of the molecule is C[Te]CCC(CC(C)OS)[Se]C[Te]C. The van der Waals surface area contributed by atoms with Crippen LogP contribution in [-0.4, -0.2) is 62.9 Å². The molecule has 0 spiro atoms. The van der Waals surface area contributed by atoms with Crippen LogP contribution in [0.25, 0.3) is 0 Å². The van der Waals surface area contributed by atoms with E-state index < -0.39 is 0 Å². The fraction of sp³-hybridized carbons (Fsp3) is 1.00. The van der Waals surface area contributed by atoms with Crippen LogP contribution in [0.15, 0.2) is 0 Å². The molecular formula is C9H20OSSeTe2. The summed E-state index contributed by atoms with van der Waals surface area (Å²) in [6.07, 6.45) is 3.05. The van der Waals surface area contributed by atoms with Gasteiger partial charge < -0.3 is 0 Å². The van der Waals surface area contributed by atoms with Crippen molar-refractivity contribution >= 4 is 69.7 Å². The molecule has 1 nitrogen and oxygen atoms in total. The molecule has 0 fully saturated rings. The third-order valence-corrected chi connectivity index (χ3v) is 12.2. The van der Waals surface area contributed by atoms with Crippen LogP contribution >= 0.6 is 12.9 Å². The third-order valence-electron chi connectivity index (χ3n) is 1.84. The Morgan fingerprint density at radius 2 is 2.07 bits per heavy atom. The second kappa shape index (κ2) is 11.9. The van der Waals surface area contributed by atoms with Crippen LogP contribution in [0, 0.1) is 0 Å². The van der Waals surface area contributed by atoms with E-state index in [4.69, 9.17) is 4.18 Å². The maximum absolute atomic E-state index is 5.07. The van der Waals surface area contributed by atoms with Crippen molar-refractivity contribution in [2.24, 2.45) is 0 Å². The van der Waals surface area contributed by atoms with E-state index in [0.29, 0.717) is 48.0 Å². The van der Waals surface area contributed by atoms with Crippen molar-refractivity contribution in [3.8, 4) is 0 Å². The Morgan fingerprint density at radius 1 is 1.36 bits per heavy atom. The quantitative estimate of drug-likeness (QED) is 0.285. The summed E-state index contributed by atoms with van der Waals surface area (Å²) in [5, 5.41) is 0. The van der Waals surface area contributed by atoms with Crippen LogP contribution in [0.3, 0.4) is 0 Å². The number of rotatable bonds is 9. The number of thiol groups is 1. The Balaban J connectivity index is 3.71. The van der Waals surface area contributed by atoms with Crippen molar-refractivity contribution < 1.29 is 4.18 Å². The summed E-state index contributed by atoms with van der Waals surface area (Å²) in [7, 11) is 0. The Bertz CT molecular complexity index is 121. The standard InChI is InChI=1S/C9H20OSSeTe2/c1-8(10-11)6-9(4-5-13-2)12-7-14-3/h8-9,11H,4-7H2,1-3H3. The Morgan fingerprint density at radius 3 is 2.57 bits per heavy atom. The number of hydrogen-bond acceptors (Lipinski definition) is 2. The molecule has 0 aliphatic heterocycles. The van der Waals surface area contributed by atoms with Gasteiger partial charge in [-0.3, -0.25) is 0 Å². The van der Waals surface area contributed by atoms with Crippen LogP contribution in [0.4, 0.5) is 0 Å². The van der Waals surface area contributed by atoms with Gasteiger partial charge in [-0.15, -0.1) is 0 Å². The summed E-state index contributed by atoms with van der Waals surface area (Å²) < 4.78 is 8.14. The minimum atomic E-state index is 0.336. The molecule has 0 saturated carbocycles. The van der Waals surface area contributed by atoms with Crippen molar-refractivity contribution in [1.29, 1.82) is 0 Å². The van der Waals surface area contributed by atoms with Gasteiger partial charge in [0.15, 0.2) is 0 Å².